The smallest absolute Gasteiger partial charge is 0.408 e. The van der Waals surface area contributed by atoms with Crippen LogP contribution in [0.25, 0.3) is 0 Å². The third kappa shape index (κ3) is 7.65. The van der Waals surface area contributed by atoms with Gasteiger partial charge in [0.1, 0.15) is 5.60 Å². The molecule has 0 saturated heterocycles. The van der Waals surface area contributed by atoms with E-state index in [1.165, 1.54) is 18.3 Å². The molecule has 1 atom stereocenters. The number of H-pyrrole nitrogens is 1. The Kier molecular flexibility index (Phi) is 8.13. The Morgan fingerprint density at radius 2 is 1.88 bits per heavy atom. The summed E-state index contributed by atoms with van der Waals surface area (Å²) in [5.74, 6) is -0.130. The number of nitrogens with two attached hydrogens (primary N) is 1. The van der Waals surface area contributed by atoms with Gasteiger partial charge in [0.15, 0.2) is 5.78 Å². The molecular weight excluding hydrogens is 438 g/mol. The molecule has 174 valence electrons. The highest BCUT2D eigenvalue weighted by Crippen LogP contribution is 2.26. The lowest BCUT2D eigenvalue weighted by molar-refractivity contribution is -0.120. The quantitative estimate of drug-likeness (QED) is 0.345. The van der Waals surface area contributed by atoms with Crippen LogP contribution in [-0.2, 0) is 22.4 Å². The molecule has 8 nitrogen and oxygen atoms in total. The van der Waals surface area contributed by atoms with E-state index in [1.54, 1.807) is 27.0 Å². The molecule has 0 aliphatic carbocycles. The number of hydrogen-bond donors (Lipinski definition) is 4. The predicted molar refractivity (Wildman–Crippen MR) is 130 cm³/mol. The van der Waals surface area contributed by atoms with E-state index in [0.29, 0.717) is 5.69 Å². The van der Waals surface area contributed by atoms with Crippen LogP contribution >= 0.6 is 11.9 Å². The molecule has 2 aromatic carbocycles. The van der Waals surface area contributed by atoms with Gasteiger partial charge in [0, 0.05) is 29.6 Å². The Labute approximate surface area is 197 Å². The minimum Gasteiger partial charge on any atom is -0.444 e. The zero-order valence-corrected chi connectivity index (χ0v) is 19.7. The summed E-state index contributed by atoms with van der Waals surface area (Å²) in [6.45, 7) is 5.33. The van der Waals surface area contributed by atoms with E-state index in [-0.39, 0.29) is 18.6 Å². The molecule has 0 fully saturated rings. The van der Waals surface area contributed by atoms with Crippen LogP contribution in [0.4, 0.5) is 16.2 Å². The molecule has 9 heteroatoms. The Balaban J connectivity index is 1.67. The van der Waals surface area contributed by atoms with Crippen LogP contribution in [0, 0.1) is 0 Å². The molecule has 3 aromatic rings. The van der Waals surface area contributed by atoms with Gasteiger partial charge in [-0.05, 0) is 62.5 Å². The number of benzene rings is 2. The summed E-state index contributed by atoms with van der Waals surface area (Å²) in [6.07, 6.45) is 3.05. The first-order valence-electron chi connectivity index (χ1n) is 10.5. The fraction of sp³-hybridized carbons (Fsp3) is 0.292. The Hall–Kier alpha value is -3.30. The lowest BCUT2D eigenvalue weighted by atomic mass is 10.00. The zero-order valence-electron chi connectivity index (χ0n) is 18.9. The van der Waals surface area contributed by atoms with Crippen molar-refractivity contribution < 1.29 is 14.3 Å². The van der Waals surface area contributed by atoms with E-state index in [9.17, 15) is 9.59 Å². The van der Waals surface area contributed by atoms with Crippen molar-refractivity contribution in [2.24, 2.45) is 5.14 Å². The number of alkyl carbamates (subject to hydrolysis) is 1. The molecule has 0 unspecified atom stereocenters. The van der Waals surface area contributed by atoms with Gasteiger partial charge >= 0.3 is 6.09 Å². The van der Waals surface area contributed by atoms with Crippen LogP contribution in [0.1, 0.15) is 32.0 Å². The number of ether oxygens (including phenoxy) is 1. The summed E-state index contributed by atoms with van der Waals surface area (Å²) in [7, 11) is 0. The molecule has 0 saturated carbocycles. The second kappa shape index (κ2) is 11.0. The molecule has 0 spiro atoms. The third-order valence-corrected chi connectivity index (χ3v) is 5.28. The minimum atomic E-state index is -0.755. The number of hydrogen-bond acceptors (Lipinski definition) is 7. The fourth-order valence-corrected chi connectivity index (χ4v) is 3.57. The van der Waals surface area contributed by atoms with Gasteiger partial charge in [-0.15, -0.1) is 0 Å². The molecule has 1 heterocycles. The van der Waals surface area contributed by atoms with Crippen molar-refractivity contribution in [1.82, 2.24) is 15.3 Å². The summed E-state index contributed by atoms with van der Waals surface area (Å²) >= 11 is 1.18. The van der Waals surface area contributed by atoms with Crippen LogP contribution in [0.5, 0.6) is 0 Å². The molecule has 3 rings (SSSR count). The number of aromatic amines is 1. The summed E-state index contributed by atoms with van der Waals surface area (Å²) in [5, 5.41) is 11.8. The number of ketones is 1. The lowest BCUT2D eigenvalue weighted by Gasteiger charge is -2.23. The van der Waals surface area contributed by atoms with Gasteiger partial charge in [0.25, 0.3) is 0 Å². The van der Waals surface area contributed by atoms with E-state index in [0.717, 1.165) is 21.8 Å². The Bertz CT molecular complexity index is 1060. The topological polar surface area (TPSA) is 122 Å². The van der Waals surface area contributed by atoms with Gasteiger partial charge in [0.2, 0.25) is 0 Å². The fourth-order valence-electron chi connectivity index (χ4n) is 3.17. The van der Waals surface area contributed by atoms with Crippen molar-refractivity contribution in [3.8, 4) is 0 Å². The molecule has 0 aliphatic heterocycles. The van der Waals surface area contributed by atoms with Gasteiger partial charge in [0.05, 0.1) is 23.8 Å². The first-order chi connectivity index (χ1) is 15.7. The van der Waals surface area contributed by atoms with Gasteiger partial charge in [-0.2, -0.15) is 0 Å². The second-order valence-corrected chi connectivity index (χ2v) is 9.22. The largest absolute Gasteiger partial charge is 0.444 e. The van der Waals surface area contributed by atoms with Gasteiger partial charge in [-0.1, -0.05) is 24.3 Å². The lowest BCUT2D eigenvalue weighted by Crippen LogP contribution is -2.45. The highest BCUT2D eigenvalue weighted by molar-refractivity contribution is 7.97. The molecule has 1 aromatic heterocycles. The number of para-hydroxylation sites is 1. The van der Waals surface area contributed by atoms with Gasteiger partial charge in [-0.3, -0.25) is 9.93 Å². The second-order valence-electron chi connectivity index (χ2n) is 8.54. The maximum absolute atomic E-state index is 13.1. The van der Waals surface area contributed by atoms with E-state index < -0.39 is 17.7 Å². The molecule has 1 amide bonds. The van der Waals surface area contributed by atoms with E-state index in [1.807, 2.05) is 48.5 Å². The molecule has 33 heavy (non-hydrogen) atoms. The molecule has 0 bridgehead atoms. The SMILES string of the molecule is CC(C)(C)OC(=O)N[C@@H](Cc1c[nH]cn1)C(=O)Cc1ccc(Nc2ccccc2SN)cc1. The van der Waals surface area contributed by atoms with Crippen LogP contribution in [0.2, 0.25) is 0 Å². The van der Waals surface area contributed by atoms with Crippen molar-refractivity contribution in [2.75, 3.05) is 5.32 Å². The van der Waals surface area contributed by atoms with Crippen LogP contribution in [-0.4, -0.2) is 33.5 Å². The normalized spacial score (nSPS) is 12.1. The monoisotopic (exact) mass is 467 g/mol. The molecular formula is C24H29N5O3S. The number of Topliss-reactive ketones (excluding diaryl/α,β-unsaturated/α-hetero) is 1. The standard InChI is InChI=1S/C24H29N5O3S/c1-24(2,3)32-23(31)29-20(13-18-14-26-15-27-18)21(30)12-16-8-10-17(11-9-16)28-19-6-4-5-7-22(19)33-25/h4-11,14-15,20,28H,12-13,25H2,1-3H3,(H,26,27)(H,29,31)/t20-/m0/s1. The number of amides is 1. The van der Waals surface area contributed by atoms with Crippen LogP contribution < -0.4 is 15.8 Å². The van der Waals surface area contributed by atoms with E-state index in [2.05, 4.69) is 20.6 Å². The van der Waals surface area contributed by atoms with Crippen LogP contribution in [0.15, 0.2) is 66.0 Å². The van der Waals surface area contributed by atoms with E-state index in [4.69, 9.17) is 9.88 Å². The minimum absolute atomic E-state index is 0.130. The highest BCUT2D eigenvalue weighted by atomic mass is 32.2. The van der Waals surface area contributed by atoms with Crippen molar-refractivity contribution in [3.63, 3.8) is 0 Å². The summed E-state index contributed by atoms with van der Waals surface area (Å²) in [4.78, 5) is 33.3. The van der Waals surface area contributed by atoms with Crippen molar-refractivity contribution >= 4 is 35.2 Å². The maximum atomic E-state index is 13.1. The average Bonchev–Trinajstić information content (AvgIpc) is 3.27. The number of nitrogens with zero attached hydrogens (tertiary/aromatic N) is 1. The first-order valence-corrected chi connectivity index (χ1v) is 11.4. The number of aromatic nitrogens is 2. The first kappa shape index (κ1) is 24.3. The van der Waals surface area contributed by atoms with Crippen molar-refractivity contribution in [1.29, 1.82) is 0 Å². The number of carbonyl (C=O) groups excluding carboxylic acids is 2. The third-order valence-electron chi connectivity index (χ3n) is 4.67. The number of rotatable bonds is 9. The predicted octanol–water partition coefficient (Wildman–Crippen LogP) is 4.37. The molecule has 5 N–H and O–H groups in total. The van der Waals surface area contributed by atoms with Crippen molar-refractivity contribution in [2.45, 2.75) is 50.2 Å². The summed E-state index contributed by atoms with van der Waals surface area (Å²) in [6, 6.07) is 14.6. The number of anilines is 2. The van der Waals surface area contributed by atoms with Gasteiger partial charge < -0.3 is 20.4 Å². The van der Waals surface area contributed by atoms with Crippen LogP contribution in [0.3, 0.4) is 0 Å². The number of nitrogens with one attached hydrogen (secondary N) is 3. The van der Waals surface area contributed by atoms with E-state index >= 15 is 0 Å². The van der Waals surface area contributed by atoms with Gasteiger partial charge in [-0.25, -0.2) is 9.78 Å². The summed E-state index contributed by atoms with van der Waals surface area (Å²) < 4.78 is 5.33. The highest BCUT2D eigenvalue weighted by Gasteiger charge is 2.25. The maximum Gasteiger partial charge on any atom is 0.408 e. The Morgan fingerprint density at radius 1 is 1.15 bits per heavy atom. The number of carbonyl (C=O) groups is 2. The Morgan fingerprint density at radius 3 is 2.52 bits per heavy atom. The zero-order chi connectivity index (χ0) is 23.8. The molecule has 0 aliphatic rings. The van der Waals surface area contributed by atoms with Crippen molar-refractivity contribution in [3.05, 3.63) is 72.3 Å². The molecule has 0 radical (unpaired) electrons. The number of imidazole rings is 1. The average molecular weight is 468 g/mol. The summed E-state index contributed by atoms with van der Waals surface area (Å²) in [5.41, 5.74) is 2.65.